The smallest absolute Gasteiger partial charge is 0.0967 e. The van der Waals surface area contributed by atoms with Crippen molar-refractivity contribution >= 4 is 15.9 Å². The van der Waals surface area contributed by atoms with Gasteiger partial charge in [0.05, 0.1) is 11.7 Å². The van der Waals surface area contributed by atoms with E-state index in [4.69, 9.17) is 4.74 Å². The summed E-state index contributed by atoms with van der Waals surface area (Å²) in [5, 5.41) is 0.971. The number of rotatable bonds is 4. The fourth-order valence-corrected chi connectivity index (χ4v) is 2.17. The van der Waals surface area contributed by atoms with E-state index in [-0.39, 0.29) is 5.60 Å². The summed E-state index contributed by atoms with van der Waals surface area (Å²) >= 11 is 3.43. The van der Waals surface area contributed by atoms with Crippen LogP contribution in [0, 0.1) is 0 Å². The molecule has 2 heteroatoms. The Labute approximate surface area is 83.3 Å². The summed E-state index contributed by atoms with van der Waals surface area (Å²) in [6.45, 7) is 6.47. The largest absolute Gasteiger partial charge is 0.365 e. The lowest BCUT2D eigenvalue weighted by atomic mass is 10.0. The molecular weight excluding hydrogens is 216 g/mol. The predicted molar refractivity (Wildman–Crippen MR) is 55.7 cm³/mol. The molecule has 0 radical (unpaired) electrons. The van der Waals surface area contributed by atoms with E-state index in [2.05, 4.69) is 42.8 Å². The zero-order valence-electron chi connectivity index (χ0n) is 8.06. The Morgan fingerprint density at radius 1 is 1.58 bits per heavy atom. The molecule has 0 aliphatic carbocycles. The molecule has 0 aromatic carbocycles. The highest BCUT2D eigenvalue weighted by Gasteiger charge is 2.50. The van der Waals surface area contributed by atoms with Crippen LogP contribution in [0.4, 0.5) is 0 Å². The van der Waals surface area contributed by atoms with Crippen molar-refractivity contribution in [1.82, 2.24) is 0 Å². The number of hydrogen-bond acceptors (Lipinski definition) is 1. The maximum atomic E-state index is 5.56. The number of epoxide rings is 1. The molecule has 1 aliphatic rings. The first-order valence-corrected chi connectivity index (χ1v) is 5.58. The highest BCUT2D eigenvalue weighted by atomic mass is 79.9. The Kier molecular flexibility index (Phi) is 3.36. The van der Waals surface area contributed by atoms with Gasteiger partial charge in [0.15, 0.2) is 0 Å². The lowest BCUT2D eigenvalue weighted by molar-refractivity contribution is 0.301. The van der Waals surface area contributed by atoms with Crippen LogP contribution >= 0.6 is 15.9 Å². The number of ether oxygens (including phenoxy) is 1. The Morgan fingerprint density at radius 2 is 2.25 bits per heavy atom. The molecule has 70 valence electrons. The second-order valence-corrected chi connectivity index (χ2v) is 4.54. The maximum absolute atomic E-state index is 5.56. The minimum absolute atomic E-state index is 0.162. The van der Waals surface area contributed by atoms with Crippen molar-refractivity contribution < 1.29 is 4.74 Å². The highest BCUT2D eigenvalue weighted by molar-refractivity contribution is 9.09. The van der Waals surface area contributed by atoms with Gasteiger partial charge < -0.3 is 4.74 Å². The van der Waals surface area contributed by atoms with E-state index >= 15 is 0 Å². The second-order valence-electron chi connectivity index (χ2n) is 3.89. The summed E-state index contributed by atoms with van der Waals surface area (Å²) in [6, 6.07) is 0. The lowest BCUT2D eigenvalue weighted by Gasteiger charge is -2.02. The van der Waals surface area contributed by atoms with Gasteiger partial charge in [-0.25, -0.2) is 0 Å². The van der Waals surface area contributed by atoms with Crippen molar-refractivity contribution in [3.63, 3.8) is 0 Å². The van der Waals surface area contributed by atoms with Crippen LogP contribution in [0.25, 0.3) is 0 Å². The van der Waals surface area contributed by atoms with Gasteiger partial charge in [0.25, 0.3) is 0 Å². The third-order valence-corrected chi connectivity index (χ3v) is 2.96. The van der Waals surface area contributed by atoms with Crippen molar-refractivity contribution in [1.29, 1.82) is 0 Å². The Morgan fingerprint density at radius 3 is 2.67 bits per heavy atom. The van der Waals surface area contributed by atoms with Gasteiger partial charge >= 0.3 is 0 Å². The van der Waals surface area contributed by atoms with Gasteiger partial charge in [-0.2, -0.15) is 0 Å². The molecule has 1 heterocycles. The molecule has 2 atom stereocenters. The minimum atomic E-state index is 0.162. The monoisotopic (exact) mass is 232 g/mol. The van der Waals surface area contributed by atoms with Crippen LogP contribution in [0.5, 0.6) is 0 Å². The van der Waals surface area contributed by atoms with E-state index < -0.39 is 0 Å². The Bertz CT molecular complexity index is 184. The van der Waals surface area contributed by atoms with Gasteiger partial charge in [0.1, 0.15) is 0 Å². The van der Waals surface area contributed by atoms with E-state index in [0.29, 0.717) is 6.10 Å². The van der Waals surface area contributed by atoms with E-state index in [1.807, 2.05) is 0 Å². The number of alkyl halides is 1. The Hall–Kier alpha value is 0.180. The first-order chi connectivity index (χ1) is 5.58. The summed E-state index contributed by atoms with van der Waals surface area (Å²) in [5.74, 6) is 0. The topological polar surface area (TPSA) is 12.5 Å². The SMILES string of the molecule is CC(C)=CCC[C@]1(C)OC1CBr. The predicted octanol–water partition coefficient (Wildman–Crippen LogP) is 3.29. The normalized spacial score (nSPS) is 33.2. The maximum Gasteiger partial charge on any atom is 0.0967 e. The molecule has 1 nitrogen and oxygen atoms in total. The molecule has 0 spiro atoms. The summed E-state index contributed by atoms with van der Waals surface area (Å²) in [7, 11) is 0. The van der Waals surface area contributed by atoms with Crippen LogP contribution in [0.3, 0.4) is 0 Å². The molecule has 0 saturated carbocycles. The summed E-state index contributed by atoms with van der Waals surface area (Å²) in [6.07, 6.45) is 5.01. The number of allylic oxidation sites excluding steroid dienone is 2. The van der Waals surface area contributed by atoms with Crippen molar-refractivity contribution in [2.75, 3.05) is 5.33 Å². The van der Waals surface area contributed by atoms with Crippen molar-refractivity contribution in [3.05, 3.63) is 11.6 Å². The van der Waals surface area contributed by atoms with Gasteiger partial charge in [-0.1, -0.05) is 27.6 Å². The molecule has 0 N–H and O–H groups in total. The molecule has 1 unspecified atom stereocenters. The molecule has 1 rings (SSSR count). The molecule has 0 bridgehead atoms. The molecule has 12 heavy (non-hydrogen) atoms. The van der Waals surface area contributed by atoms with Crippen molar-refractivity contribution in [3.8, 4) is 0 Å². The molecule has 0 aromatic rings. The summed E-state index contributed by atoms with van der Waals surface area (Å²) in [5.41, 5.74) is 1.56. The fourth-order valence-electron chi connectivity index (χ4n) is 1.35. The van der Waals surface area contributed by atoms with Gasteiger partial charge in [0.2, 0.25) is 0 Å². The quantitative estimate of drug-likeness (QED) is 0.412. The first-order valence-electron chi connectivity index (χ1n) is 4.45. The van der Waals surface area contributed by atoms with Crippen molar-refractivity contribution in [2.45, 2.75) is 45.3 Å². The van der Waals surface area contributed by atoms with E-state index in [9.17, 15) is 0 Å². The number of hydrogen-bond donors (Lipinski definition) is 0. The number of halogens is 1. The Balaban J connectivity index is 2.21. The summed E-state index contributed by atoms with van der Waals surface area (Å²) < 4.78 is 5.56. The van der Waals surface area contributed by atoms with E-state index in [1.54, 1.807) is 0 Å². The highest BCUT2D eigenvalue weighted by Crippen LogP contribution is 2.41. The zero-order chi connectivity index (χ0) is 9.19. The van der Waals surface area contributed by atoms with Crippen LogP contribution < -0.4 is 0 Å². The third kappa shape index (κ3) is 2.60. The average Bonchev–Trinajstić information content (AvgIpc) is 2.61. The average molecular weight is 233 g/mol. The molecule has 1 saturated heterocycles. The molecule has 1 aliphatic heterocycles. The standard InChI is InChI=1S/C10H17BrO/c1-8(2)5-4-6-10(3)9(7-11)12-10/h5,9H,4,6-7H2,1-3H3/t9?,10-/m0/s1. The van der Waals surface area contributed by atoms with E-state index in [1.165, 1.54) is 5.57 Å². The molecule has 1 fully saturated rings. The second kappa shape index (κ2) is 3.93. The van der Waals surface area contributed by atoms with Crippen LogP contribution in [0.2, 0.25) is 0 Å². The van der Waals surface area contributed by atoms with Gasteiger partial charge in [0, 0.05) is 5.33 Å². The van der Waals surface area contributed by atoms with Gasteiger partial charge in [-0.05, 0) is 33.6 Å². The van der Waals surface area contributed by atoms with Crippen LogP contribution in [0.15, 0.2) is 11.6 Å². The fraction of sp³-hybridized carbons (Fsp3) is 0.800. The lowest BCUT2D eigenvalue weighted by Crippen LogP contribution is -2.09. The molecule has 0 aromatic heterocycles. The van der Waals surface area contributed by atoms with Gasteiger partial charge in [-0.3, -0.25) is 0 Å². The molecule has 0 amide bonds. The van der Waals surface area contributed by atoms with Gasteiger partial charge in [-0.15, -0.1) is 0 Å². The van der Waals surface area contributed by atoms with Crippen molar-refractivity contribution in [2.24, 2.45) is 0 Å². The van der Waals surface area contributed by atoms with Crippen LogP contribution in [-0.2, 0) is 4.74 Å². The van der Waals surface area contributed by atoms with E-state index in [0.717, 1.165) is 18.2 Å². The third-order valence-electron chi connectivity index (χ3n) is 2.37. The summed E-state index contributed by atoms with van der Waals surface area (Å²) in [4.78, 5) is 0. The molecular formula is C10H17BrO. The minimum Gasteiger partial charge on any atom is -0.365 e. The van der Waals surface area contributed by atoms with Crippen LogP contribution in [-0.4, -0.2) is 17.0 Å². The van der Waals surface area contributed by atoms with Crippen LogP contribution in [0.1, 0.15) is 33.6 Å². The first kappa shape index (κ1) is 10.3. The zero-order valence-corrected chi connectivity index (χ0v) is 9.65.